The van der Waals surface area contributed by atoms with Crippen molar-refractivity contribution in [3.8, 4) is 0 Å². The highest BCUT2D eigenvalue weighted by atomic mass is 16.3. The van der Waals surface area contributed by atoms with Gasteiger partial charge < -0.3 is 10.4 Å². The average molecular weight is 309 g/mol. The van der Waals surface area contributed by atoms with Gasteiger partial charge in [-0.2, -0.15) is 0 Å². The number of carbonyl (C=O) groups excluding carboxylic acids is 1. The summed E-state index contributed by atoms with van der Waals surface area (Å²) in [4.78, 5) is 17.2. The van der Waals surface area contributed by atoms with E-state index in [0.717, 1.165) is 16.8 Å². The van der Waals surface area contributed by atoms with Gasteiger partial charge in [-0.05, 0) is 31.0 Å². The summed E-state index contributed by atoms with van der Waals surface area (Å²) in [5.41, 5.74) is 3.82. The zero-order valence-corrected chi connectivity index (χ0v) is 13.2. The van der Waals surface area contributed by atoms with E-state index in [1.54, 1.807) is 4.40 Å². The van der Waals surface area contributed by atoms with Gasteiger partial charge in [-0.25, -0.2) is 4.98 Å². The van der Waals surface area contributed by atoms with Crippen molar-refractivity contribution in [1.29, 1.82) is 0 Å². The third-order valence-electron chi connectivity index (χ3n) is 3.92. The number of aliphatic hydroxyl groups excluding tert-OH is 1. The number of amides is 1. The van der Waals surface area contributed by atoms with Gasteiger partial charge in [0, 0.05) is 6.20 Å². The van der Waals surface area contributed by atoms with Crippen molar-refractivity contribution in [2.45, 2.75) is 19.9 Å². The molecule has 2 aromatic heterocycles. The molecule has 2 N–H and O–H groups in total. The van der Waals surface area contributed by atoms with Gasteiger partial charge in [-0.3, -0.25) is 9.20 Å². The summed E-state index contributed by atoms with van der Waals surface area (Å²) in [7, 11) is 0. The number of hydrogen-bond acceptors (Lipinski definition) is 3. The minimum Gasteiger partial charge on any atom is -0.394 e. The maximum Gasteiger partial charge on any atom is 0.270 e. The molecular formula is C18H19N3O2. The molecule has 3 rings (SSSR count). The Morgan fingerprint density at radius 1 is 1.22 bits per heavy atom. The quantitative estimate of drug-likeness (QED) is 0.778. The summed E-state index contributed by atoms with van der Waals surface area (Å²) in [6.45, 7) is 3.62. The predicted octanol–water partition coefficient (Wildman–Crippen LogP) is 2.41. The van der Waals surface area contributed by atoms with Gasteiger partial charge in [0.05, 0.1) is 18.3 Å². The van der Waals surface area contributed by atoms with Gasteiger partial charge in [0.15, 0.2) is 0 Å². The normalized spacial score (nSPS) is 12.3. The molecule has 1 aromatic carbocycles. The van der Waals surface area contributed by atoms with Crippen LogP contribution < -0.4 is 5.32 Å². The van der Waals surface area contributed by atoms with Crippen LogP contribution >= 0.6 is 0 Å². The first kappa shape index (κ1) is 15.2. The largest absolute Gasteiger partial charge is 0.394 e. The molecule has 0 aliphatic carbocycles. The summed E-state index contributed by atoms with van der Waals surface area (Å²) in [5.74, 6) is -0.247. The molecule has 23 heavy (non-hydrogen) atoms. The molecule has 0 fully saturated rings. The Morgan fingerprint density at radius 2 is 1.96 bits per heavy atom. The first-order valence-corrected chi connectivity index (χ1v) is 7.52. The standard InChI is InChI=1S/C18H19N3O2/c1-12-7-6-10-21-16(13(2)19-17(12)21)18(23)20-15(11-22)14-8-4-3-5-9-14/h3-10,15,22H,11H2,1-2H3,(H,20,23)/t15-/m0/s1. The van der Waals surface area contributed by atoms with Crippen LogP contribution in [0, 0.1) is 13.8 Å². The zero-order chi connectivity index (χ0) is 16.4. The van der Waals surface area contributed by atoms with Crippen LogP contribution in [0.2, 0.25) is 0 Å². The van der Waals surface area contributed by atoms with E-state index < -0.39 is 6.04 Å². The van der Waals surface area contributed by atoms with Gasteiger partial charge >= 0.3 is 0 Å². The van der Waals surface area contributed by atoms with E-state index in [0.29, 0.717) is 11.4 Å². The fraction of sp³-hybridized carbons (Fsp3) is 0.222. The van der Waals surface area contributed by atoms with Gasteiger partial charge in [0.2, 0.25) is 0 Å². The monoisotopic (exact) mass is 309 g/mol. The summed E-state index contributed by atoms with van der Waals surface area (Å²) in [5, 5.41) is 12.5. The van der Waals surface area contributed by atoms with Crippen LogP contribution in [-0.4, -0.2) is 27.0 Å². The molecule has 118 valence electrons. The van der Waals surface area contributed by atoms with E-state index in [1.165, 1.54) is 0 Å². The Hall–Kier alpha value is -2.66. The first-order chi connectivity index (χ1) is 11.1. The highest BCUT2D eigenvalue weighted by Gasteiger charge is 2.20. The van der Waals surface area contributed by atoms with E-state index >= 15 is 0 Å². The molecule has 0 saturated heterocycles. The number of aromatic nitrogens is 2. The SMILES string of the molecule is Cc1nc2c(C)cccn2c1C(=O)N[C@@H](CO)c1ccccc1. The fourth-order valence-electron chi connectivity index (χ4n) is 2.74. The number of rotatable bonds is 4. The molecule has 0 radical (unpaired) electrons. The maximum absolute atomic E-state index is 12.7. The second-order valence-corrected chi connectivity index (χ2v) is 5.55. The van der Waals surface area contributed by atoms with Gasteiger partial charge in [-0.15, -0.1) is 0 Å². The minimum absolute atomic E-state index is 0.162. The van der Waals surface area contributed by atoms with Gasteiger partial charge in [0.1, 0.15) is 11.3 Å². The molecule has 0 saturated carbocycles. The minimum atomic E-state index is -0.446. The lowest BCUT2D eigenvalue weighted by Gasteiger charge is -2.17. The van der Waals surface area contributed by atoms with Crippen molar-refractivity contribution in [2.75, 3.05) is 6.61 Å². The van der Waals surface area contributed by atoms with Crippen LogP contribution in [0.4, 0.5) is 0 Å². The second-order valence-electron chi connectivity index (χ2n) is 5.55. The van der Waals surface area contributed by atoms with Crippen LogP contribution in [-0.2, 0) is 0 Å². The molecule has 5 nitrogen and oxygen atoms in total. The number of imidazole rings is 1. The van der Waals surface area contributed by atoms with Gasteiger partial charge in [-0.1, -0.05) is 36.4 Å². The summed E-state index contributed by atoms with van der Waals surface area (Å²) in [6, 6.07) is 12.8. The Kier molecular flexibility index (Phi) is 4.12. The molecule has 1 amide bonds. The number of nitrogens with one attached hydrogen (secondary N) is 1. The summed E-state index contributed by atoms with van der Waals surface area (Å²) >= 11 is 0. The number of nitrogens with zero attached hydrogens (tertiary/aromatic N) is 2. The summed E-state index contributed by atoms with van der Waals surface area (Å²) < 4.78 is 1.79. The van der Waals surface area contributed by atoms with Crippen molar-refractivity contribution in [2.24, 2.45) is 0 Å². The number of fused-ring (bicyclic) bond motifs is 1. The third kappa shape index (κ3) is 2.83. The lowest BCUT2D eigenvalue weighted by Crippen LogP contribution is -2.32. The fourth-order valence-corrected chi connectivity index (χ4v) is 2.74. The maximum atomic E-state index is 12.7. The van der Waals surface area contributed by atoms with E-state index in [4.69, 9.17) is 0 Å². The van der Waals surface area contributed by atoms with Crippen LogP contribution in [0.1, 0.15) is 33.4 Å². The van der Waals surface area contributed by atoms with Crippen LogP contribution in [0.15, 0.2) is 48.7 Å². The Labute approximate surface area is 134 Å². The molecule has 0 unspecified atom stereocenters. The number of hydrogen-bond donors (Lipinski definition) is 2. The van der Waals surface area contributed by atoms with Crippen molar-refractivity contribution < 1.29 is 9.90 Å². The number of carbonyl (C=O) groups is 1. The van der Waals surface area contributed by atoms with E-state index in [1.807, 2.05) is 62.5 Å². The first-order valence-electron chi connectivity index (χ1n) is 7.52. The van der Waals surface area contributed by atoms with Gasteiger partial charge in [0.25, 0.3) is 5.91 Å². The molecule has 3 aromatic rings. The molecule has 0 bridgehead atoms. The number of benzene rings is 1. The van der Waals surface area contributed by atoms with Crippen LogP contribution in [0.5, 0.6) is 0 Å². The van der Waals surface area contributed by atoms with Crippen molar-refractivity contribution in [3.05, 3.63) is 71.2 Å². The molecule has 0 aliphatic rings. The number of aryl methyl sites for hydroxylation is 2. The molecular weight excluding hydrogens is 290 g/mol. The Morgan fingerprint density at radius 3 is 2.65 bits per heavy atom. The molecule has 5 heteroatoms. The number of pyridine rings is 1. The summed E-state index contributed by atoms with van der Waals surface area (Å²) in [6.07, 6.45) is 1.83. The molecule has 1 atom stereocenters. The second kappa shape index (κ2) is 6.22. The van der Waals surface area contributed by atoms with Crippen molar-refractivity contribution in [1.82, 2.24) is 14.7 Å². The topological polar surface area (TPSA) is 66.6 Å². The van der Waals surface area contributed by atoms with Crippen molar-refractivity contribution in [3.63, 3.8) is 0 Å². The lowest BCUT2D eigenvalue weighted by atomic mass is 10.1. The molecule has 0 spiro atoms. The van der Waals surface area contributed by atoms with Crippen LogP contribution in [0.3, 0.4) is 0 Å². The molecule has 0 aliphatic heterocycles. The Balaban J connectivity index is 1.95. The van der Waals surface area contributed by atoms with E-state index in [9.17, 15) is 9.90 Å². The zero-order valence-electron chi connectivity index (χ0n) is 13.2. The van der Waals surface area contributed by atoms with Crippen LogP contribution in [0.25, 0.3) is 5.65 Å². The molecule has 2 heterocycles. The van der Waals surface area contributed by atoms with E-state index in [-0.39, 0.29) is 12.5 Å². The third-order valence-corrected chi connectivity index (χ3v) is 3.92. The predicted molar refractivity (Wildman–Crippen MR) is 88.4 cm³/mol. The lowest BCUT2D eigenvalue weighted by molar-refractivity contribution is 0.0909. The highest BCUT2D eigenvalue weighted by Crippen LogP contribution is 2.17. The smallest absolute Gasteiger partial charge is 0.270 e. The van der Waals surface area contributed by atoms with Crippen molar-refractivity contribution >= 4 is 11.6 Å². The van der Waals surface area contributed by atoms with E-state index in [2.05, 4.69) is 10.3 Å². The number of aliphatic hydroxyl groups is 1. The Bertz CT molecular complexity index is 840. The highest BCUT2D eigenvalue weighted by molar-refractivity contribution is 5.95. The average Bonchev–Trinajstić information content (AvgIpc) is 2.91.